The first kappa shape index (κ1) is 17.9. The van der Waals surface area contributed by atoms with E-state index in [0.717, 1.165) is 19.4 Å². The number of rotatable bonds is 12. The average Bonchev–Trinajstić information content (AvgIpc) is 2.53. The van der Waals surface area contributed by atoms with Crippen LogP contribution in [0.5, 0.6) is 0 Å². The van der Waals surface area contributed by atoms with Gasteiger partial charge < -0.3 is 9.84 Å². The first-order valence-electron chi connectivity index (χ1n) is 8.26. The molecule has 1 atom stereocenters. The smallest absolute Gasteiger partial charge is 0.0717 e. The molecule has 118 valence electrons. The molecule has 0 aliphatic heterocycles. The van der Waals surface area contributed by atoms with Crippen LogP contribution in [0.3, 0.4) is 0 Å². The molecule has 1 unspecified atom stereocenters. The van der Waals surface area contributed by atoms with Crippen LogP contribution in [0.15, 0.2) is 42.5 Å². The van der Waals surface area contributed by atoms with E-state index in [-0.39, 0.29) is 6.61 Å². The van der Waals surface area contributed by atoms with Crippen molar-refractivity contribution in [2.75, 3.05) is 13.2 Å². The molecule has 1 N–H and O–H groups in total. The predicted octanol–water partition coefficient (Wildman–Crippen LogP) is 4.73. The van der Waals surface area contributed by atoms with Crippen LogP contribution < -0.4 is 0 Å². The van der Waals surface area contributed by atoms with Crippen molar-refractivity contribution in [1.82, 2.24) is 0 Å². The van der Waals surface area contributed by atoms with Gasteiger partial charge in [-0.3, -0.25) is 0 Å². The Morgan fingerprint density at radius 3 is 2.67 bits per heavy atom. The Bertz CT molecular complexity index is 359. The Hall–Kier alpha value is -1.12. The summed E-state index contributed by atoms with van der Waals surface area (Å²) in [6.07, 6.45) is 11.4. The third-order valence-corrected chi connectivity index (χ3v) is 3.61. The fourth-order valence-electron chi connectivity index (χ4n) is 2.29. The minimum Gasteiger partial charge on any atom is -0.396 e. The summed E-state index contributed by atoms with van der Waals surface area (Å²) in [7, 11) is 0. The van der Waals surface area contributed by atoms with E-state index in [0.29, 0.717) is 12.5 Å². The molecule has 0 amide bonds. The fraction of sp³-hybridized carbons (Fsp3) is 0.579. The third kappa shape index (κ3) is 9.43. The van der Waals surface area contributed by atoms with Gasteiger partial charge in [0.1, 0.15) is 0 Å². The summed E-state index contributed by atoms with van der Waals surface area (Å²) in [5, 5.41) is 9.35. The van der Waals surface area contributed by atoms with E-state index in [4.69, 9.17) is 4.74 Å². The second-order valence-corrected chi connectivity index (χ2v) is 5.55. The maximum atomic E-state index is 9.35. The topological polar surface area (TPSA) is 29.5 Å². The summed E-state index contributed by atoms with van der Waals surface area (Å²) in [5.41, 5.74) is 1.21. The zero-order valence-electron chi connectivity index (χ0n) is 13.3. The molecule has 0 aromatic heterocycles. The van der Waals surface area contributed by atoms with E-state index < -0.39 is 0 Å². The minimum absolute atomic E-state index is 0.257. The van der Waals surface area contributed by atoms with Crippen molar-refractivity contribution in [2.45, 2.75) is 52.1 Å². The summed E-state index contributed by atoms with van der Waals surface area (Å²) in [4.78, 5) is 0. The molecule has 21 heavy (non-hydrogen) atoms. The number of benzene rings is 1. The summed E-state index contributed by atoms with van der Waals surface area (Å²) in [5.74, 6) is 0.316. The van der Waals surface area contributed by atoms with Crippen molar-refractivity contribution in [3.63, 3.8) is 0 Å². The van der Waals surface area contributed by atoms with E-state index in [2.05, 4.69) is 31.2 Å². The lowest BCUT2D eigenvalue weighted by atomic mass is 10.0. The van der Waals surface area contributed by atoms with Gasteiger partial charge in [-0.15, -0.1) is 0 Å². The molecule has 0 radical (unpaired) electrons. The van der Waals surface area contributed by atoms with Crippen molar-refractivity contribution in [3.05, 3.63) is 48.0 Å². The van der Waals surface area contributed by atoms with Crippen molar-refractivity contribution in [3.8, 4) is 0 Å². The van der Waals surface area contributed by atoms with Crippen LogP contribution in [-0.4, -0.2) is 18.3 Å². The summed E-state index contributed by atoms with van der Waals surface area (Å²) in [6.45, 7) is 3.89. The van der Waals surface area contributed by atoms with E-state index in [9.17, 15) is 5.11 Å². The van der Waals surface area contributed by atoms with Gasteiger partial charge in [-0.25, -0.2) is 0 Å². The van der Waals surface area contributed by atoms with E-state index in [1.807, 2.05) is 18.2 Å². The van der Waals surface area contributed by atoms with Gasteiger partial charge in [0.05, 0.1) is 13.2 Å². The first-order chi connectivity index (χ1) is 10.4. The van der Waals surface area contributed by atoms with Crippen LogP contribution in [0.25, 0.3) is 0 Å². The van der Waals surface area contributed by atoms with Crippen molar-refractivity contribution in [1.29, 1.82) is 0 Å². The highest BCUT2D eigenvalue weighted by Crippen LogP contribution is 2.12. The van der Waals surface area contributed by atoms with Gasteiger partial charge in [-0.05, 0) is 24.3 Å². The highest BCUT2D eigenvalue weighted by Gasteiger charge is 2.02. The van der Waals surface area contributed by atoms with E-state index in [1.54, 1.807) is 0 Å². The van der Waals surface area contributed by atoms with Crippen LogP contribution in [0.4, 0.5) is 0 Å². The molecule has 1 rings (SSSR count). The van der Waals surface area contributed by atoms with Gasteiger partial charge >= 0.3 is 0 Å². The highest BCUT2D eigenvalue weighted by molar-refractivity contribution is 5.13. The number of hydrogen-bond donors (Lipinski definition) is 1. The number of ether oxygens (including phenoxy) is 1. The largest absolute Gasteiger partial charge is 0.396 e. The zero-order chi connectivity index (χ0) is 15.2. The van der Waals surface area contributed by atoms with Gasteiger partial charge in [0.2, 0.25) is 0 Å². The standard InChI is InChI=1S/C19H30O2/c1-2-3-4-6-11-18(16-20)12-9-10-15-21-17-19-13-7-5-8-14-19/h5,7-9,12-14,18,20H,2-4,6,10-11,15-17H2,1H3/b12-9-. The number of unbranched alkanes of at least 4 members (excludes halogenated alkanes) is 3. The zero-order valence-corrected chi connectivity index (χ0v) is 13.3. The van der Waals surface area contributed by atoms with Gasteiger partial charge in [0.25, 0.3) is 0 Å². The average molecular weight is 290 g/mol. The Morgan fingerprint density at radius 2 is 1.95 bits per heavy atom. The first-order valence-corrected chi connectivity index (χ1v) is 8.26. The molecule has 0 fully saturated rings. The molecule has 0 heterocycles. The Balaban J connectivity index is 2.06. The van der Waals surface area contributed by atoms with Crippen LogP contribution in [-0.2, 0) is 11.3 Å². The predicted molar refractivity (Wildman–Crippen MR) is 89.2 cm³/mol. The van der Waals surface area contributed by atoms with E-state index >= 15 is 0 Å². The number of aliphatic hydroxyl groups excluding tert-OH is 1. The fourth-order valence-corrected chi connectivity index (χ4v) is 2.29. The second kappa shape index (κ2) is 12.6. The van der Waals surface area contributed by atoms with Gasteiger partial charge in [0, 0.05) is 6.61 Å². The molecule has 0 spiro atoms. The third-order valence-electron chi connectivity index (χ3n) is 3.61. The molecular weight excluding hydrogens is 260 g/mol. The molecule has 0 saturated heterocycles. The summed E-state index contributed by atoms with van der Waals surface area (Å²) >= 11 is 0. The van der Waals surface area contributed by atoms with Crippen molar-refractivity contribution in [2.24, 2.45) is 5.92 Å². The number of hydrogen-bond acceptors (Lipinski definition) is 2. The Morgan fingerprint density at radius 1 is 1.14 bits per heavy atom. The lowest BCUT2D eigenvalue weighted by Crippen LogP contribution is -2.02. The van der Waals surface area contributed by atoms with Crippen molar-refractivity contribution >= 4 is 0 Å². The molecule has 0 saturated carbocycles. The van der Waals surface area contributed by atoms with Crippen LogP contribution in [0.1, 0.15) is 51.0 Å². The van der Waals surface area contributed by atoms with Crippen molar-refractivity contribution < 1.29 is 9.84 Å². The van der Waals surface area contributed by atoms with Gasteiger partial charge in [-0.1, -0.05) is 75.1 Å². The molecule has 0 aliphatic rings. The van der Waals surface area contributed by atoms with Gasteiger partial charge in [0.15, 0.2) is 0 Å². The normalized spacial score (nSPS) is 12.9. The quantitative estimate of drug-likeness (QED) is 0.445. The maximum Gasteiger partial charge on any atom is 0.0717 e. The van der Waals surface area contributed by atoms with Gasteiger partial charge in [-0.2, -0.15) is 0 Å². The monoisotopic (exact) mass is 290 g/mol. The van der Waals surface area contributed by atoms with Crippen LogP contribution in [0, 0.1) is 5.92 Å². The lowest BCUT2D eigenvalue weighted by Gasteiger charge is -2.08. The molecule has 1 aromatic carbocycles. The maximum absolute atomic E-state index is 9.35. The molecule has 0 aliphatic carbocycles. The molecular formula is C19H30O2. The summed E-state index contributed by atoms with van der Waals surface area (Å²) in [6, 6.07) is 10.2. The molecule has 2 heteroatoms. The molecule has 1 aromatic rings. The number of aliphatic hydroxyl groups is 1. The molecule has 2 nitrogen and oxygen atoms in total. The molecule has 0 bridgehead atoms. The summed E-state index contributed by atoms with van der Waals surface area (Å²) < 4.78 is 5.63. The van der Waals surface area contributed by atoms with Crippen LogP contribution in [0.2, 0.25) is 0 Å². The highest BCUT2D eigenvalue weighted by atomic mass is 16.5. The Labute approximate surface area is 129 Å². The lowest BCUT2D eigenvalue weighted by molar-refractivity contribution is 0.125. The van der Waals surface area contributed by atoms with Crippen LogP contribution >= 0.6 is 0 Å². The Kier molecular flexibility index (Phi) is 10.8. The second-order valence-electron chi connectivity index (χ2n) is 5.55. The SMILES string of the molecule is CCCCCCC(/C=C\CCOCc1ccccc1)CO. The van der Waals surface area contributed by atoms with E-state index in [1.165, 1.54) is 31.2 Å². The minimum atomic E-state index is 0.257.